The number of methoxy groups -OCH3 is 1. The first-order valence-electron chi connectivity index (χ1n) is 4.49. The summed E-state index contributed by atoms with van der Waals surface area (Å²) < 4.78 is 4.93. The minimum atomic E-state index is 0.730. The van der Waals surface area contributed by atoms with Gasteiger partial charge in [-0.3, -0.25) is 5.41 Å². The second kappa shape index (κ2) is 7.10. The van der Waals surface area contributed by atoms with Gasteiger partial charge in [-0.1, -0.05) is 6.92 Å². The number of ether oxygens (including phenoxy) is 1. The van der Waals surface area contributed by atoms with Crippen LogP contribution in [0.4, 0.5) is 0 Å². The van der Waals surface area contributed by atoms with E-state index in [-0.39, 0.29) is 0 Å². The predicted octanol–water partition coefficient (Wildman–Crippen LogP) is 1.73. The molecule has 0 amide bonds. The molecule has 0 atom stereocenters. The summed E-state index contributed by atoms with van der Waals surface area (Å²) in [7, 11) is 3.67. The molecule has 12 heavy (non-hydrogen) atoms. The van der Waals surface area contributed by atoms with Crippen LogP contribution in [0.1, 0.15) is 26.2 Å². The smallest absolute Gasteiger partial charge is 0.0954 e. The molecular weight excluding hydrogens is 152 g/mol. The summed E-state index contributed by atoms with van der Waals surface area (Å²) >= 11 is 0. The van der Waals surface area contributed by atoms with Gasteiger partial charge in [0.15, 0.2) is 0 Å². The van der Waals surface area contributed by atoms with Gasteiger partial charge in [0.05, 0.1) is 5.84 Å². The van der Waals surface area contributed by atoms with Crippen LogP contribution >= 0.6 is 0 Å². The molecule has 72 valence electrons. The third-order valence-electron chi connectivity index (χ3n) is 1.79. The van der Waals surface area contributed by atoms with Crippen LogP contribution in [0.3, 0.4) is 0 Å². The highest BCUT2D eigenvalue weighted by Gasteiger charge is 2.01. The third kappa shape index (κ3) is 5.13. The normalized spacial score (nSPS) is 9.92. The highest BCUT2D eigenvalue weighted by atomic mass is 16.5. The first-order chi connectivity index (χ1) is 5.72. The van der Waals surface area contributed by atoms with Crippen LogP contribution in [0.15, 0.2) is 0 Å². The van der Waals surface area contributed by atoms with Gasteiger partial charge in [-0.15, -0.1) is 0 Å². The summed E-state index contributed by atoms with van der Waals surface area (Å²) in [6, 6.07) is 0. The fraction of sp³-hybridized carbons (Fsp3) is 0.889. The molecule has 0 aliphatic rings. The quantitative estimate of drug-likeness (QED) is 0.376. The molecule has 1 N–H and O–H groups in total. The fourth-order valence-corrected chi connectivity index (χ4v) is 1.01. The van der Waals surface area contributed by atoms with Gasteiger partial charge >= 0.3 is 0 Å². The van der Waals surface area contributed by atoms with Crippen molar-refractivity contribution in [2.24, 2.45) is 0 Å². The molecule has 0 aliphatic heterocycles. The Kier molecular flexibility index (Phi) is 6.76. The molecule has 0 aromatic heterocycles. The van der Waals surface area contributed by atoms with E-state index in [0.717, 1.165) is 38.2 Å². The zero-order valence-corrected chi connectivity index (χ0v) is 8.39. The lowest BCUT2D eigenvalue weighted by atomic mass is 10.3. The Morgan fingerprint density at radius 3 is 2.67 bits per heavy atom. The van der Waals surface area contributed by atoms with Crippen molar-refractivity contribution in [1.29, 1.82) is 5.41 Å². The fourth-order valence-electron chi connectivity index (χ4n) is 1.01. The standard InChI is InChI=1S/C9H20N2O/c1-4-6-9(10)11(2)7-5-8-12-3/h10H,4-8H2,1-3H3. The minimum Gasteiger partial charge on any atom is -0.385 e. The van der Waals surface area contributed by atoms with Gasteiger partial charge in [-0.2, -0.15) is 0 Å². The van der Waals surface area contributed by atoms with Crippen molar-refractivity contribution >= 4 is 5.84 Å². The van der Waals surface area contributed by atoms with Crippen LogP contribution in [0.2, 0.25) is 0 Å². The number of hydrogen-bond acceptors (Lipinski definition) is 2. The van der Waals surface area contributed by atoms with Crippen LogP contribution in [0.5, 0.6) is 0 Å². The minimum absolute atomic E-state index is 0.730. The molecule has 0 bridgehead atoms. The summed E-state index contributed by atoms with van der Waals surface area (Å²) in [5.41, 5.74) is 0. The number of amidine groups is 1. The van der Waals surface area contributed by atoms with Gasteiger partial charge in [0.25, 0.3) is 0 Å². The first kappa shape index (κ1) is 11.4. The van der Waals surface area contributed by atoms with Crippen molar-refractivity contribution in [1.82, 2.24) is 4.90 Å². The van der Waals surface area contributed by atoms with Gasteiger partial charge in [-0.25, -0.2) is 0 Å². The Balaban J connectivity index is 3.42. The van der Waals surface area contributed by atoms with Gasteiger partial charge in [0.2, 0.25) is 0 Å². The van der Waals surface area contributed by atoms with Crippen LogP contribution < -0.4 is 0 Å². The molecule has 0 rings (SSSR count). The topological polar surface area (TPSA) is 36.3 Å². The van der Waals surface area contributed by atoms with E-state index in [9.17, 15) is 0 Å². The summed E-state index contributed by atoms with van der Waals surface area (Å²) in [6.45, 7) is 3.80. The lowest BCUT2D eigenvalue weighted by molar-refractivity contribution is 0.188. The molecule has 0 unspecified atom stereocenters. The molecule has 0 spiro atoms. The highest BCUT2D eigenvalue weighted by Crippen LogP contribution is 1.96. The van der Waals surface area contributed by atoms with Gasteiger partial charge in [-0.05, 0) is 12.8 Å². The van der Waals surface area contributed by atoms with E-state index in [0.29, 0.717) is 0 Å². The van der Waals surface area contributed by atoms with Crippen LogP contribution in [0.25, 0.3) is 0 Å². The Morgan fingerprint density at radius 2 is 2.17 bits per heavy atom. The van der Waals surface area contributed by atoms with Crippen molar-refractivity contribution in [3.8, 4) is 0 Å². The highest BCUT2D eigenvalue weighted by molar-refractivity contribution is 5.78. The number of nitrogens with one attached hydrogen (secondary N) is 1. The monoisotopic (exact) mass is 172 g/mol. The predicted molar refractivity (Wildman–Crippen MR) is 51.8 cm³/mol. The summed E-state index contributed by atoms with van der Waals surface area (Å²) in [4.78, 5) is 1.99. The molecule has 0 aromatic rings. The molecule has 3 heteroatoms. The third-order valence-corrected chi connectivity index (χ3v) is 1.79. The van der Waals surface area contributed by atoms with Crippen molar-refractivity contribution < 1.29 is 4.74 Å². The van der Waals surface area contributed by atoms with Crippen molar-refractivity contribution in [2.45, 2.75) is 26.2 Å². The molecule has 0 saturated carbocycles. The van der Waals surface area contributed by atoms with E-state index in [2.05, 4.69) is 6.92 Å². The maximum atomic E-state index is 7.62. The Hall–Kier alpha value is -0.570. The van der Waals surface area contributed by atoms with E-state index in [4.69, 9.17) is 10.1 Å². The maximum Gasteiger partial charge on any atom is 0.0954 e. The zero-order valence-electron chi connectivity index (χ0n) is 8.39. The van der Waals surface area contributed by atoms with E-state index in [1.807, 2.05) is 11.9 Å². The van der Waals surface area contributed by atoms with E-state index < -0.39 is 0 Å². The molecule has 0 saturated heterocycles. The lowest BCUT2D eigenvalue weighted by Crippen LogP contribution is -2.27. The molecule has 0 aliphatic carbocycles. The van der Waals surface area contributed by atoms with E-state index in [1.165, 1.54) is 0 Å². The average Bonchev–Trinajstić information content (AvgIpc) is 2.05. The van der Waals surface area contributed by atoms with Gasteiger partial charge in [0, 0.05) is 33.7 Å². The zero-order chi connectivity index (χ0) is 9.40. The number of nitrogens with zero attached hydrogens (tertiary/aromatic N) is 1. The molecule has 0 fully saturated rings. The van der Waals surface area contributed by atoms with Gasteiger partial charge in [0.1, 0.15) is 0 Å². The summed E-state index contributed by atoms with van der Waals surface area (Å²) in [5, 5.41) is 7.62. The Morgan fingerprint density at radius 1 is 1.50 bits per heavy atom. The Labute approximate surface area is 75.2 Å². The van der Waals surface area contributed by atoms with E-state index >= 15 is 0 Å². The molecule has 0 radical (unpaired) electrons. The number of hydrogen-bond donors (Lipinski definition) is 1. The molecule has 3 nitrogen and oxygen atoms in total. The van der Waals surface area contributed by atoms with Crippen LogP contribution in [-0.4, -0.2) is 38.0 Å². The van der Waals surface area contributed by atoms with Crippen LogP contribution in [0, 0.1) is 5.41 Å². The Bertz CT molecular complexity index is 126. The second-order valence-electron chi connectivity index (χ2n) is 2.96. The SMILES string of the molecule is CCCC(=N)N(C)CCCOC. The maximum absolute atomic E-state index is 7.62. The first-order valence-corrected chi connectivity index (χ1v) is 4.49. The second-order valence-corrected chi connectivity index (χ2v) is 2.96. The average molecular weight is 172 g/mol. The number of rotatable bonds is 6. The largest absolute Gasteiger partial charge is 0.385 e. The molecule has 0 heterocycles. The van der Waals surface area contributed by atoms with E-state index in [1.54, 1.807) is 7.11 Å². The molecule has 0 aromatic carbocycles. The van der Waals surface area contributed by atoms with Crippen molar-refractivity contribution in [3.63, 3.8) is 0 Å². The summed E-state index contributed by atoms with van der Waals surface area (Å²) in [5.74, 6) is 0.730. The van der Waals surface area contributed by atoms with Crippen molar-refractivity contribution in [3.05, 3.63) is 0 Å². The van der Waals surface area contributed by atoms with Crippen LogP contribution in [-0.2, 0) is 4.74 Å². The van der Waals surface area contributed by atoms with Gasteiger partial charge < -0.3 is 9.64 Å². The lowest BCUT2D eigenvalue weighted by Gasteiger charge is -2.19. The summed E-state index contributed by atoms with van der Waals surface area (Å²) in [6.07, 6.45) is 2.93. The van der Waals surface area contributed by atoms with Crippen molar-refractivity contribution in [2.75, 3.05) is 27.3 Å². The molecular formula is C9H20N2O.